The Hall–Kier alpha value is -2.79. The van der Waals surface area contributed by atoms with Gasteiger partial charge in [0.1, 0.15) is 11.5 Å². The number of rotatable bonds is 9. The van der Waals surface area contributed by atoms with Crippen LogP contribution in [-0.2, 0) is 14.8 Å². The molecule has 11 heteroatoms. The van der Waals surface area contributed by atoms with Crippen LogP contribution < -0.4 is 19.5 Å². The Labute approximate surface area is 165 Å². The second-order valence-corrected chi connectivity index (χ2v) is 7.44. The molecule has 0 saturated heterocycles. The summed E-state index contributed by atoms with van der Waals surface area (Å²) in [5, 5.41) is 2.61. The summed E-state index contributed by atoms with van der Waals surface area (Å²) in [5.74, 6) is -0.290. The minimum absolute atomic E-state index is 0.137. The van der Waals surface area contributed by atoms with E-state index in [2.05, 4.69) is 14.8 Å². The molecule has 2 aromatic rings. The maximum atomic E-state index is 12.1. The molecule has 0 aromatic heterocycles. The van der Waals surface area contributed by atoms with E-state index >= 15 is 0 Å². The third-order valence-corrected chi connectivity index (χ3v) is 4.94. The molecule has 0 heterocycles. The molecule has 29 heavy (non-hydrogen) atoms. The van der Waals surface area contributed by atoms with Crippen LogP contribution in [0, 0.1) is 0 Å². The average molecular weight is 432 g/mol. The first kappa shape index (κ1) is 22.5. The zero-order valence-corrected chi connectivity index (χ0v) is 16.1. The second-order valence-electron chi connectivity index (χ2n) is 5.67. The number of alkyl halides is 3. The molecule has 0 bridgehead atoms. The number of carbonyl (C=O) groups is 1. The summed E-state index contributed by atoms with van der Waals surface area (Å²) in [5.41, 5.74) is 0.529. The van der Waals surface area contributed by atoms with Crippen molar-refractivity contribution in [3.63, 3.8) is 0 Å². The molecule has 158 valence electrons. The molecule has 0 unspecified atom stereocenters. The van der Waals surface area contributed by atoms with Crippen molar-refractivity contribution < 1.29 is 35.9 Å². The number of hydrogen-bond donors (Lipinski definition) is 2. The second kappa shape index (κ2) is 9.61. The van der Waals surface area contributed by atoms with Gasteiger partial charge in [-0.3, -0.25) is 4.79 Å². The van der Waals surface area contributed by atoms with Gasteiger partial charge in [0.05, 0.1) is 11.5 Å². The van der Waals surface area contributed by atoms with E-state index in [0.717, 1.165) is 24.3 Å². The van der Waals surface area contributed by atoms with Crippen molar-refractivity contribution in [2.24, 2.45) is 0 Å². The molecule has 0 radical (unpaired) electrons. The van der Waals surface area contributed by atoms with Crippen LogP contribution >= 0.6 is 0 Å². The van der Waals surface area contributed by atoms with Crippen molar-refractivity contribution in [3.8, 4) is 11.5 Å². The molecule has 0 atom stereocenters. The molecule has 0 fully saturated rings. The molecule has 7 nitrogen and oxygen atoms in total. The number of ether oxygens (including phenoxy) is 2. The van der Waals surface area contributed by atoms with Crippen LogP contribution in [0.4, 0.5) is 18.9 Å². The molecule has 1 amide bonds. The van der Waals surface area contributed by atoms with Crippen molar-refractivity contribution in [2.45, 2.75) is 24.6 Å². The molecular formula is C18H19F3N2O5S. The molecule has 0 aliphatic heterocycles. The predicted octanol–water partition coefficient (Wildman–Crippen LogP) is 3.29. The maximum Gasteiger partial charge on any atom is 0.573 e. The van der Waals surface area contributed by atoms with Crippen LogP contribution in [0.2, 0.25) is 0 Å². The molecule has 0 saturated carbocycles. The Morgan fingerprint density at radius 3 is 2.14 bits per heavy atom. The number of halogens is 3. The quantitative estimate of drug-likeness (QED) is 0.634. The summed E-state index contributed by atoms with van der Waals surface area (Å²) >= 11 is 0. The van der Waals surface area contributed by atoms with Gasteiger partial charge in [-0.1, -0.05) is 0 Å². The third-order valence-electron chi connectivity index (χ3n) is 3.46. The van der Waals surface area contributed by atoms with Crippen LogP contribution in [-0.4, -0.2) is 33.8 Å². The number of anilines is 1. The van der Waals surface area contributed by atoms with Crippen LogP contribution in [0.15, 0.2) is 53.4 Å². The van der Waals surface area contributed by atoms with Crippen LogP contribution in [0.5, 0.6) is 11.5 Å². The Kier molecular flexibility index (Phi) is 7.46. The van der Waals surface area contributed by atoms with Gasteiger partial charge in [-0.15, -0.1) is 13.2 Å². The van der Waals surface area contributed by atoms with E-state index < -0.39 is 28.0 Å². The van der Waals surface area contributed by atoms with Gasteiger partial charge in [-0.25, -0.2) is 13.1 Å². The van der Waals surface area contributed by atoms with Crippen LogP contribution in [0.25, 0.3) is 0 Å². The SMILES string of the molecule is CCOc1ccc(NC(=O)CCNS(=O)(=O)c2ccc(OC(F)(F)F)cc2)cc1. The Balaban J connectivity index is 1.84. The van der Waals surface area contributed by atoms with E-state index in [4.69, 9.17) is 4.74 Å². The van der Waals surface area contributed by atoms with Gasteiger partial charge in [0, 0.05) is 18.7 Å². The normalized spacial score (nSPS) is 11.7. The van der Waals surface area contributed by atoms with E-state index in [1.807, 2.05) is 6.92 Å². The topological polar surface area (TPSA) is 93.7 Å². The van der Waals surface area contributed by atoms with Gasteiger partial charge in [0.2, 0.25) is 15.9 Å². The molecule has 0 aliphatic rings. The summed E-state index contributed by atoms with van der Waals surface area (Å²) in [4.78, 5) is 11.7. The fourth-order valence-corrected chi connectivity index (χ4v) is 3.26. The number of hydrogen-bond acceptors (Lipinski definition) is 5. The van der Waals surface area contributed by atoms with E-state index in [1.165, 1.54) is 0 Å². The lowest BCUT2D eigenvalue weighted by Gasteiger charge is -2.10. The van der Waals surface area contributed by atoms with Gasteiger partial charge >= 0.3 is 6.36 Å². The highest BCUT2D eigenvalue weighted by atomic mass is 32.2. The van der Waals surface area contributed by atoms with E-state index in [-0.39, 0.29) is 17.9 Å². The monoisotopic (exact) mass is 432 g/mol. The van der Waals surface area contributed by atoms with Crippen LogP contribution in [0.3, 0.4) is 0 Å². The van der Waals surface area contributed by atoms with Crippen molar-refractivity contribution in [1.29, 1.82) is 0 Å². The average Bonchev–Trinajstić information content (AvgIpc) is 2.62. The molecule has 2 N–H and O–H groups in total. The summed E-state index contributed by atoms with van der Waals surface area (Å²) in [6.07, 6.45) is -5.00. The predicted molar refractivity (Wildman–Crippen MR) is 99.2 cm³/mol. The minimum atomic E-state index is -4.87. The number of benzene rings is 2. The summed E-state index contributed by atoms with van der Waals surface area (Å²) in [6, 6.07) is 10.4. The Morgan fingerprint density at radius 1 is 1.00 bits per heavy atom. The highest BCUT2D eigenvalue weighted by Gasteiger charge is 2.31. The van der Waals surface area contributed by atoms with Gasteiger partial charge in [0.15, 0.2) is 0 Å². The number of sulfonamides is 1. The largest absolute Gasteiger partial charge is 0.573 e. The maximum absolute atomic E-state index is 12.1. The summed E-state index contributed by atoms with van der Waals surface area (Å²) in [6.45, 7) is 2.18. The lowest BCUT2D eigenvalue weighted by molar-refractivity contribution is -0.274. The first-order valence-corrected chi connectivity index (χ1v) is 9.95. The van der Waals surface area contributed by atoms with Gasteiger partial charge in [-0.05, 0) is 55.5 Å². The molecule has 0 spiro atoms. The van der Waals surface area contributed by atoms with Gasteiger partial charge < -0.3 is 14.8 Å². The number of carbonyl (C=O) groups excluding carboxylic acids is 1. The van der Waals surface area contributed by atoms with E-state index in [0.29, 0.717) is 18.0 Å². The van der Waals surface area contributed by atoms with E-state index in [9.17, 15) is 26.4 Å². The Bertz CT molecular complexity index is 914. The van der Waals surface area contributed by atoms with Gasteiger partial charge in [-0.2, -0.15) is 0 Å². The van der Waals surface area contributed by atoms with Crippen molar-refractivity contribution in [3.05, 3.63) is 48.5 Å². The summed E-state index contributed by atoms with van der Waals surface area (Å²) < 4.78 is 71.9. The number of nitrogens with one attached hydrogen (secondary N) is 2. The molecule has 0 aliphatic carbocycles. The fourth-order valence-electron chi connectivity index (χ4n) is 2.23. The highest BCUT2D eigenvalue weighted by molar-refractivity contribution is 7.89. The lowest BCUT2D eigenvalue weighted by atomic mass is 10.3. The Morgan fingerprint density at radius 2 is 1.59 bits per heavy atom. The lowest BCUT2D eigenvalue weighted by Crippen LogP contribution is -2.27. The standard InChI is InChI=1S/C18H19F3N2O5S/c1-2-27-14-5-3-13(4-6-14)23-17(24)11-12-22-29(25,26)16-9-7-15(8-10-16)28-18(19,20)21/h3-10,22H,2,11-12H2,1H3,(H,23,24). The number of amides is 1. The van der Waals surface area contributed by atoms with Crippen molar-refractivity contribution >= 4 is 21.6 Å². The molecule has 2 rings (SSSR count). The highest BCUT2D eigenvalue weighted by Crippen LogP contribution is 2.23. The molecular weight excluding hydrogens is 413 g/mol. The third kappa shape index (κ3) is 7.62. The minimum Gasteiger partial charge on any atom is -0.494 e. The van der Waals surface area contributed by atoms with Crippen LogP contribution in [0.1, 0.15) is 13.3 Å². The molecule has 2 aromatic carbocycles. The van der Waals surface area contributed by atoms with Crippen molar-refractivity contribution in [2.75, 3.05) is 18.5 Å². The first-order valence-electron chi connectivity index (χ1n) is 8.47. The zero-order chi connectivity index (χ0) is 21.5. The zero-order valence-electron chi connectivity index (χ0n) is 15.3. The first-order chi connectivity index (χ1) is 13.6. The van der Waals surface area contributed by atoms with E-state index in [1.54, 1.807) is 24.3 Å². The smallest absolute Gasteiger partial charge is 0.494 e. The van der Waals surface area contributed by atoms with Gasteiger partial charge in [0.25, 0.3) is 0 Å². The summed E-state index contributed by atoms with van der Waals surface area (Å²) in [7, 11) is -3.98. The fraction of sp³-hybridized carbons (Fsp3) is 0.278. The van der Waals surface area contributed by atoms with Crippen molar-refractivity contribution in [1.82, 2.24) is 4.72 Å².